The molecule has 20 heavy (non-hydrogen) atoms. The molecule has 106 valence electrons. The van der Waals surface area contributed by atoms with Crippen molar-refractivity contribution >= 4 is 23.6 Å². The summed E-state index contributed by atoms with van der Waals surface area (Å²) in [5.41, 5.74) is 1.16. The van der Waals surface area contributed by atoms with Crippen LogP contribution in [0.3, 0.4) is 0 Å². The summed E-state index contributed by atoms with van der Waals surface area (Å²) < 4.78 is 4.85. The van der Waals surface area contributed by atoms with Gasteiger partial charge in [-0.2, -0.15) is 0 Å². The highest BCUT2D eigenvalue weighted by Gasteiger charge is 2.42. The lowest BCUT2D eigenvalue weighted by atomic mass is 10.0. The van der Waals surface area contributed by atoms with Gasteiger partial charge in [0.15, 0.2) is 0 Å². The molecule has 1 saturated heterocycles. The van der Waals surface area contributed by atoms with Gasteiger partial charge in [-0.3, -0.25) is 4.79 Å². The molecule has 0 spiro atoms. The van der Waals surface area contributed by atoms with Crippen molar-refractivity contribution in [3.63, 3.8) is 0 Å². The van der Waals surface area contributed by atoms with Gasteiger partial charge >= 0.3 is 5.97 Å². The smallest absolute Gasteiger partial charge is 0.328 e. The standard InChI is InChI=1S/C15H17NO3S/c1-19-15(18)12-6-7-14(17)16(12)11-8-9-20-13-5-3-2-4-10(11)13/h2-5,11-12H,6-9H2,1H3. The first kappa shape index (κ1) is 13.5. The molecule has 1 aromatic rings. The lowest BCUT2D eigenvalue weighted by Gasteiger charge is -2.35. The molecule has 0 saturated carbocycles. The third-order valence-corrected chi connectivity index (χ3v) is 5.11. The van der Waals surface area contributed by atoms with Crippen molar-refractivity contribution in [2.24, 2.45) is 0 Å². The van der Waals surface area contributed by atoms with Gasteiger partial charge in [-0.1, -0.05) is 18.2 Å². The Kier molecular flexibility index (Phi) is 3.70. The fraction of sp³-hybridized carbons (Fsp3) is 0.467. The summed E-state index contributed by atoms with van der Waals surface area (Å²) in [7, 11) is 1.38. The van der Waals surface area contributed by atoms with E-state index in [-0.39, 0.29) is 17.9 Å². The second-order valence-electron chi connectivity index (χ2n) is 5.07. The van der Waals surface area contributed by atoms with Crippen LogP contribution in [0.5, 0.6) is 0 Å². The summed E-state index contributed by atoms with van der Waals surface area (Å²) >= 11 is 1.81. The molecule has 0 bridgehead atoms. The number of thioether (sulfide) groups is 1. The zero-order valence-corrected chi connectivity index (χ0v) is 12.2. The van der Waals surface area contributed by atoms with Gasteiger partial charge in [0.05, 0.1) is 13.2 Å². The third-order valence-electron chi connectivity index (χ3n) is 3.99. The Morgan fingerprint density at radius 2 is 2.15 bits per heavy atom. The van der Waals surface area contributed by atoms with Crippen LogP contribution in [-0.2, 0) is 14.3 Å². The molecule has 2 atom stereocenters. The number of hydrogen-bond donors (Lipinski definition) is 0. The fourth-order valence-corrected chi connectivity index (χ4v) is 4.18. The number of carbonyl (C=O) groups excluding carboxylic acids is 2. The number of likely N-dealkylation sites (tertiary alicyclic amines) is 1. The molecule has 0 aromatic heterocycles. The van der Waals surface area contributed by atoms with Gasteiger partial charge in [0.2, 0.25) is 5.91 Å². The highest BCUT2D eigenvalue weighted by atomic mass is 32.2. The van der Waals surface area contributed by atoms with Crippen LogP contribution < -0.4 is 0 Å². The van der Waals surface area contributed by atoms with Crippen LogP contribution in [0.2, 0.25) is 0 Å². The first-order chi connectivity index (χ1) is 9.72. The Balaban J connectivity index is 1.95. The van der Waals surface area contributed by atoms with Crippen molar-refractivity contribution in [2.45, 2.75) is 36.2 Å². The van der Waals surface area contributed by atoms with Crippen molar-refractivity contribution in [2.75, 3.05) is 12.9 Å². The molecule has 4 nitrogen and oxygen atoms in total. The van der Waals surface area contributed by atoms with E-state index in [0.717, 1.165) is 17.7 Å². The van der Waals surface area contributed by atoms with Gasteiger partial charge in [-0.25, -0.2) is 4.79 Å². The van der Waals surface area contributed by atoms with Gasteiger partial charge in [0, 0.05) is 17.1 Å². The first-order valence-electron chi connectivity index (χ1n) is 6.83. The number of rotatable bonds is 2. The van der Waals surface area contributed by atoms with Crippen molar-refractivity contribution in [3.05, 3.63) is 29.8 Å². The van der Waals surface area contributed by atoms with Gasteiger partial charge < -0.3 is 9.64 Å². The minimum atomic E-state index is -0.423. The number of hydrogen-bond acceptors (Lipinski definition) is 4. The molecule has 2 aliphatic heterocycles. The van der Waals surface area contributed by atoms with Crippen LogP contribution in [0.1, 0.15) is 30.9 Å². The molecule has 1 fully saturated rings. The van der Waals surface area contributed by atoms with E-state index in [1.807, 2.05) is 23.9 Å². The van der Waals surface area contributed by atoms with E-state index >= 15 is 0 Å². The Morgan fingerprint density at radius 3 is 2.95 bits per heavy atom. The summed E-state index contributed by atoms with van der Waals surface area (Å²) in [5, 5.41) is 0. The highest BCUT2D eigenvalue weighted by molar-refractivity contribution is 7.99. The maximum atomic E-state index is 12.2. The molecule has 0 N–H and O–H groups in total. The van der Waals surface area contributed by atoms with E-state index in [9.17, 15) is 9.59 Å². The topological polar surface area (TPSA) is 46.6 Å². The largest absolute Gasteiger partial charge is 0.467 e. The molecular weight excluding hydrogens is 274 g/mol. The summed E-state index contributed by atoms with van der Waals surface area (Å²) in [5.74, 6) is 0.734. The molecule has 1 aromatic carbocycles. The van der Waals surface area contributed by atoms with E-state index < -0.39 is 6.04 Å². The van der Waals surface area contributed by atoms with Crippen LogP contribution in [0.25, 0.3) is 0 Å². The average molecular weight is 291 g/mol. The Bertz CT molecular complexity index is 546. The predicted molar refractivity (Wildman–Crippen MR) is 76.4 cm³/mol. The van der Waals surface area contributed by atoms with Crippen LogP contribution in [0, 0.1) is 0 Å². The molecule has 2 aliphatic rings. The van der Waals surface area contributed by atoms with Crippen LogP contribution in [0.4, 0.5) is 0 Å². The lowest BCUT2D eigenvalue weighted by Crippen LogP contribution is -2.42. The van der Waals surface area contributed by atoms with E-state index in [2.05, 4.69) is 12.1 Å². The fourth-order valence-electron chi connectivity index (χ4n) is 3.07. The first-order valence-corrected chi connectivity index (χ1v) is 7.81. The monoisotopic (exact) mass is 291 g/mol. The Labute approximate surface area is 122 Å². The summed E-state index contributed by atoms with van der Waals surface area (Å²) in [4.78, 5) is 27.1. The molecule has 2 unspecified atom stereocenters. The molecule has 3 rings (SSSR count). The van der Waals surface area contributed by atoms with Crippen molar-refractivity contribution in [3.8, 4) is 0 Å². The number of esters is 1. The number of nitrogens with zero attached hydrogens (tertiary/aromatic N) is 1. The number of ether oxygens (including phenoxy) is 1. The molecule has 0 aliphatic carbocycles. The second-order valence-corrected chi connectivity index (χ2v) is 6.21. The third kappa shape index (κ3) is 2.20. The van der Waals surface area contributed by atoms with Gasteiger partial charge in [-0.05, 0) is 24.5 Å². The van der Waals surface area contributed by atoms with E-state index in [1.54, 1.807) is 4.90 Å². The Hall–Kier alpha value is -1.49. The Morgan fingerprint density at radius 1 is 1.35 bits per heavy atom. The van der Waals surface area contributed by atoms with E-state index in [1.165, 1.54) is 12.0 Å². The van der Waals surface area contributed by atoms with Crippen molar-refractivity contribution in [1.29, 1.82) is 0 Å². The maximum absolute atomic E-state index is 12.2. The minimum Gasteiger partial charge on any atom is -0.467 e. The number of fused-ring (bicyclic) bond motifs is 1. The zero-order valence-electron chi connectivity index (χ0n) is 11.4. The average Bonchev–Trinajstić information content (AvgIpc) is 2.87. The molecule has 2 heterocycles. The zero-order chi connectivity index (χ0) is 14.1. The lowest BCUT2D eigenvalue weighted by molar-refractivity contribution is -0.151. The SMILES string of the molecule is COC(=O)C1CCC(=O)N1C1CCSc2ccccc21. The normalized spacial score (nSPS) is 25.4. The summed E-state index contributed by atoms with van der Waals surface area (Å²) in [6.45, 7) is 0. The van der Waals surface area contributed by atoms with Gasteiger partial charge in [0.1, 0.15) is 6.04 Å². The predicted octanol–water partition coefficient (Wildman–Crippen LogP) is 2.39. The quantitative estimate of drug-likeness (QED) is 0.785. The molecule has 1 amide bonds. The minimum absolute atomic E-state index is 0.00606. The highest BCUT2D eigenvalue weighted by Crippen LogP contribution is 2.42. The number of carbonyl (C=O) groups is 2. The van der Waals surface area contributed by atoms with Crippen molar-refractivity contribution < 1.29 is 14.3 Å². The maximum Gasteiger partial charge on any atom is 0.328 e. The van der Waals surface area contributed by atoms with E-state index in [4.69, 9.17) is 4.74 Å². The molecular formula is C15H17NO3S. The summed E-state index contributed by atoms with van der Waals surface area (Å²) in [6, 6.07) is 7.73. The second kappa shape index (κ2) is 5.48. The van der Waals surface area contributed by atoms with Crippen LogP contribution in [0.15, 0.2) is 29.2 Å². The van der Waals surface area contributed by atoms with Crippen LogP contribution >= 0.6 is 11.8 Å². The van der Waals surface area contributed by atoms with Crippen LogP contribution in [-0.4, -0.2) is 35.7 Å². The van der Waals surface area contributed by atoms with Crippen molar-refractivity contribution in [1.82, 2.24) is 4.90 Å². The number of amides is 1. The molecule has 5 heteroatoms. The van der Waals surface area contributed by atoms with Gasteiger partial charge in [-0.15, -0.1) is 11.8 Å². The number of methoxy groups -OCH3 is 1. The molecule has 0 radical (unpaired) electrons. The summed E-state index contributed by atoms with van der Waals surface area (Å²) in [6.07, 6.45) is 1.89. The van der Waals surface area contributed by atoms with Gasteiger partial charge in [0.25, 0.3) is 0 Å². The van der Waals surface area contributed by atoms with E-state index in [0.29, 0.717) is 12.8 Å². The number of benzene rings is 1.